The van der Waals surface area contributed by atoms with Gasteiger partial charge in [-0.2, -0.15) is 0 Å². The number of amidine groups is 1. The fourth-order valence-electron chi connectivity index (χ4n) is 4.05. The molecule has 0 saturated carbocycles. The predicted molar refractivity (Wildman–Crippen MR) is 115 cm³/mol. The van der Waals surface area contributed by atoms with Crippen LogP contribution in [0.1, 0.15) is 18.5 Å². The third-order valence-corrected chi connectivity index (χ3v) is 7.07. The van der Waals surface area contributed by atoms with Crippen LogP contribution in [0.2, 0.25) is 0 Å². The fraction of sp³-hybridized carbons (Fsp3) is 0.476. The van der Waals surface area contributed by atoms with E-state index < -0.39 is 10.0 Å². The third-order valence-electron chi connectivity index (χ3n) is 5.91. The van der Waals surface area contributed by atoms with Crippen LogP contribution in [0.15, 0.2) is 52.7 Å². The van der Waals surface area contributed by atoms with E-state index in [9.17, 15) is 13.2 Å². The molecule has 0 N–H and O–H groups in total. The number of piperidine rings is 1. The molecule has 0 bridgehead atoms. The van der Waals surface area contributed by atoms with Crippen LogP contribution >= 0.6 is 0 Å². The van der Waals surface area contributed by atoms with E-state index >= 15 is 0 Å². The lowest BCUT2D eigenvalue weighted by molar-refractivity contribution is -0.128. The SMILES string of the molecule is CN(C(=O)C1=CN2CCS(=O)(=O)N=C2C=C1)C1CCN(CCc2ccccn2)CC1. The summed E-state index contributed by atoms with van der Waals surface area (Å²) in [6.45, 7) is 3.23. The predicted octanol–water partition coefficient (Wildman–Crippen LogP) is 1.04. The first-order valence-electron chi connectivity index (χ1n) is 10.3. The molecule has 0 unspecified atom stereocenters. The van der Waals surface area contributed by atoms with E-state index in [1.54, 1.807) is 23.3 Å². The summed E-state index contributed by atoms with van der Waals surface area (Å²) in [7, 11) is -1.53. The van der Waals surface area contributed by atoms with Crippen molar-refractivity contribution in [2.75, 3.05) is 39.0 Å². The molecule has 0 aliphatic carbocycles. The highest BCUT2D eigenvalue weighted by atomic mass is 32.2. The summed E-state index contributed by atoms with van der Waals surface area (Å²) >= 11 is 0. The minimum absolute atomic E-state index is 0.0326. The second-order valence-electron chi connectivity index (χ2n) is 7.91. The minimum atomic E-state index is -3.39. The maximum atomic E-state index is 13.0. The standard InChI is InChI=1S/C21H27N5O3S/c1-24(19-8-12-25(13-9-19)11-7-18-4-2-3-10-22-18)21(27)17-5-6-20-23-30(28,29)15-14-26(20)16-17/h2-6,10,16,19H,7-9,11-15H2,1H3. The molecule has 0 atom stereocenters. The Morgan fingerprint density at radius 2 is 2.00 bits per heavy atom. The molecule has 8 nitrogen and oxygen atoms in total. The van der Waals surface area contributed by atoms with Gasteiger partial charge in [0.05, 0.1) is 11.3 Å². The minimum Gasteiger partial charge on any atom is -0.339 e. The summed E-state index contributed by atoms with van der Waals surface area (Å²) in [5.41, 5.74) is 1.67. The summed E-state index contributed by atoms with van der Waals surface area (Å²) < 4.78 is 27.0. The van der Waals surface area contributed by atoms with Crippen molar-refractivity contribution in [3.63, 3.8) is 0 Å². The van der Waals surface area contributed by atoms with Gasteiger partial charge >= 0.3 is 0 Å². The number of sulfonamides is 1. The molecular formula is C21H27N5O3S. The van der Waals surface area contributed by atoms with E-state index in [0.29, 0.717) is 18.0 Å². The lowest BCUT2D eigenvalue weighted by atomic mass is 10.0. The van der Waals surface area contributed by atoms with Crippen molar-refractivity contribution < 1.29 is 13.2 Å². The van der Waals surface area contributed by atoms with Crippen molar-refractivity contribution in [2.45, 2.75) is 25.3 Å². The number of pyridine rings is 1. The van der Waals surface area contributed by atoms with Gasteiger partial charge in [-0.3, -0.25) is 9.78 Å². The van der Waals surface area contributed by atoms with Crippen molar-refractivity contribution in [1.82, 2.24) is 19.7 Å². The molecule has 4 rings (SSSR count). The number of carbonyl (C=O) groups excluding carboxylic acids is 1. The Kier molecular flexibility index (Phi) is 6.01. The second kappa shape index (κ2) is 8.69. The number of fused-ring (bicyclic) bond motifs is 1. The van der Waals surface area contributed by atoms with Crippen molar-refractivity contribution in [2.24, 2.45) is 4.40 Å². The van der Waals surface area contributed by atoms with Crippen molar-refractivity contribution in [1.29, 1.82) is 0 Å². The van der Waals surface area contributed by atoms with Crippen molar-refractivity contribution >= 4 is 21.8 Å². The smallest absolute Gasteiger partial charge is 0.256 e. The van der Waals surface area contributed by atoms with Crippen LogP contribution in [0.4, 0.5) is 0 Å². The van der Waals surface area contributed by atoms with Crippen molar-refractivity contribution in [3.05, 3.63) is 54.0 Å². The van der Waals surface area contributed by atoms with Gasteiger partial charge < -0.3 is 14.7 Å². The van der Waals surface area contributed by atoms with Gasteiger partial charge in [0, 0.05) is 63.8 Å². The maximum absolute atomic E-state index is 13.0. The highest BCUT2D eigenvalue weighted by molar-refractivity contribution is 7.90. The van der Waals surface area contributed by atoms with Gasteiger partial charge in [0.2, 0.25) is 0 Å². The molecule has 3 aliphatic heterocycles. The van der Waals surface area contributed by atoms with Crippen LogP contribution < -0.4 is 0 Å². The molecule has 4 heterocycles. The summed E-state index contributed by atoms with van der Waals surface area (Å²) in [5, 5.41) is 0. The molecule has 1 aromatic rings. The van der Waals surface area contributed by atoms with E-state index in [4.69, 9.17) is 0 Å². The molecule has 0 aromatic carbocycles. The average molecular weight is 430 g/mol. The number of hydrogen-bond donors (Lipinski definition) is 0. The zero-order chi connectivity index (χ0) is 21.1. The van der Waals surface area contributed by atoms with Crippen LogP contribution in [0, 0.1) is 0 Å². The molecule has 0 radical (unpaired) electrons. The van der Waals surface area contributed by atoms with Gasteiger partial charge in [0.25, 0.3) is 15.9 Å². The normalized spacial score (nSPS) is 21.6. The maximum Gasteiger partial charge on any atom is 0.256 e. The number of nitrogens with zero attached hydrogens (tertiary/aromatic N) is 5. The lowest BCUT2D eigenvalue weighted by Gasteiger charge is -2.37. The highest BCUT2D eigenvalue weighted by Gasteiger charge is 2.29. The summed E-state index contributed by atoms with van der Waals surface area (Å²) in [6, 6.07) is 6.20. The lowest BCUT2D eigenvalue weighted by Crippen LogP contribution is -2.47. The Bertz CT molecular complexity index is 979. The average Bonchev–Trinajstić information content (AvgIpc) is 2.77. The van der Waals surface area contributed by atoms with E-state index in [2.05, 4.69) is 20.3 Å². The molecular weight excluding hydrogens is 402 g/mol. The molecule has 1 aromatic heterocycles. The Hall–Kier alpha value is -2.52. The highest BCUT2D eigenvalue weighted by Crippen LogP contribution is 2.21. The van der Waals surface area contributed by atoms with Gasteiger partial charge in [-0.1, -0.05) is 6.07 Å². The number of amides is 1. The van der Waals surface area contributed by atoms with Crippen LogP contribution in [0.3, 0.4) is 0 Å². The molecule has 30 heavy (non-hydrogen) atoms. The van der Waals surface area contributed by atoms with Gasteiger partial charge in [-0.05, 0) is 37.1 Å². The molecule has 9 heteroatoms. The zero-order valence-corrected chi connectivity index (χ0v) is 18.0. The molecule has 1 fully saturated rings. The summed E-state index contributed by atoms with van der Waals surface area (Å²) in [5.74, 6) is 0.307. The number of likely N-dealkylation sites (tertiary alicyclic amines) is 1. The van der Waals surface area contributed by atoms with Gasteiger partial charge in [-0.25, -0.2) is 8.42 Å². The quantitative estimate of drug-likeness (QED) is 0.695. The third kappa shape index (κ3) is 4.79. The summed E-state index contributed by atoms with van der Waals surface area (Å²) in [4.78, 5) is 23.4. The van der Waals surface area contributed by atoms with Crippen LogP contribution in [-0.2, 0) is 21.2 Å². The largest absolute Gasteiger partial charge is 0.339 e. The van der Waals surface area contributed by atoms with E-state index in [0.717, 1.165) is 44.6 Å². The monoisotopic (exact) mass is 429 g/mol. The summed E-state index contributed by atoms with van der Waals surface area (Å²) in [6.07, 6.45) is 9.64. The zero-order valence-electron chi connectivity index (χ0n) is 17.1. The Balaban J connectivity index is 1.30. The first-order valence-corrected chi connectivity index (χ1v) is 11.9. The molecule has 0 spiro atoms. The Labute approximate surface area is 177 Å². The van der Waals surface area contributed by atoms with E-state index in [1.807, 2.05) is 30.3 Å². The van der Waals surface area contributed by atoms with E-state index in [-0.39, 0.29) is 17.7 Å². The second-order valence-corrected chi connectivity index (χ2v) is 9.66. The molecule has 160 valence electrons. The van der Waals surface area contributed by atoms with E-state index in [1.165, 1.54) is 0 Å². The number of carbonyl (C=O) groups is 1. The van der Waals surface area contributed by atoms with Crippen LogP contribution in [-0.4, -0.2) is 84.9 Å². The van der Waals surface area contributed by atoms with Gasteiger partial charge in [-0.15, -0.1) is 4.40 Å². The van der Waals surface area contributed by atoms with Gasteiger partial charge in [0.1, 0.15) is 5.84 Å². The topological polar surface area (TPSA) is 86.2 Å². The molecule has 1 amide bonds. The number of hydrogen-bond acceptors (Lipinski definition) is 6. The first-order chi connectivity index (χ1) is 14.4. The van der Waals surface area contributed by atoms with Gasteiger partial charge in [0.15, 0.2) is 0 Å². The number of likely N-dealkylation sites (N-methyl/N-ethyl adjacent to an activating group) is 1. The Morgan fingerprint density at radius 3 is 2.73 bits per heavy atom. The number of aromatic nitrogens is 1. The Morgan fingerprint density at radius 1 is 1.20 bits per heavy atom. The molecule has 1 saturated heterocycles. The fourth-order valence-corrected chi connectivity index (χ4v) is 5.02. The first kappa shape index (κ1) is 20.7. The van der Waals surface area contributed by atoms with Crippen LogP contribution in [0.5, 0.6) is 0 Å². The molecule has 3 aliphatic rings. The van der Waals surface area contributed by atoms with Crippen molar-refractivity contribution in [3.8, 4) is 0 Å². The van der Waals surface area contributed by atoms with Crippen LogP contribution in [0.25, 0.3) is 0 Å². The number of rotatable bonds is 5.